The Morgan fingerprint density at radius 3 is 2.38 bits per heavy atom. The Bertz CT molecular complexity index is 308. The minimum Gasteiger partial charge on any atom is -0.493 e. The summed E-state index contributed by atoms with van der Waals surface area (Å²) in [6.07, 6.45) is 1.78. The maximum Gasteiger partial charge on any atom is 0.161 e. The van der Waals surface area contributed by atoms with E-state index in [0.717, 1.165) is 5.56 Å². The Labute approximate surface area is 82.7 Å². The van der Waals surface area contributed by atoms with Gasteiger partial charge in [0.05, 0.1) is 14.2 Å². The van der Waals surface area contributed by atoms with Crippen LogP contribution in [0.25, 0.3) is 6.08 Å². The van der Waals surface area contributed by atoms with Crippen LogP contribution in [0.15, 0.2) is 23.7 Å². The van der Waals surface area contributed by atoms with Gasteiger partial charge in [0.15, 0.2) is 11.5 Å². The van der Waals surface area contributed by atoms with Crippen LogP contribution in [0.1, 0.15) is 5.56 Å². The van der Waals surface area contributed by atoms with E-state index < -0.39 is 0 Å². The molecule has 0 saturated heterocycles. The van der Waals surface area contributed by atoms with Crippen molar-refractivity contribution >= 4 is 17.7 Å². The molecule has 70 valence electrons. The van der Waals surface area contributed by atoms with Crippen molar-refractivity contribution in [3.63, 3.8) is 0 Å². The highest BCUT2D eigenvalue weighted by Crippen LogP contribution is 2.27. The predicted octanol–water partition coefficient (Wildman–Crippen LogP) is 2.91. The van der Waals surface area contributed by atoms with Crippen molar-refractivity contribution < 1.29 is 9.47 Å². The Balaban J connectivity index is 3.05. The molecule has 0 aliphatic carbocycles. The van der Waals surface area contributed by atoms with Gasteiger partial charge in [0.1, 0.15) is 0 Å². The summed E-state index contributed by atoms with van der Waals surface area (Å²) in [5.41, 5.74) is 2.44. The molecular weight excluding hydrogens is 188 g/mol. The lowest BCUT2D eigenvalue weighted by Crippen LogP contribution is -1.90. The lowest BCUT2D eigenvalue weighted by atomic mass is 10.2. The minimum atomic E-state index is 0.703. The summed E-state index contributed by atoms with van der Waals surface area (Å²) < 4.78 is 10.2. The first-order valence-corrected chi connectivity index (χ1v) is 4.24. The van der Waals surface area contributed by atoms with Crippen LogP contribution >= 0.6 is 11.6 Å². The van der Waals surface area contributed by atoms with Gasteiger partial charge in [-0.15, -0.1) is 0 Å². The van der Waals surface area contributed by atoms with Gasteiger partial charge < -0.3 is 9.47 Å². The van der Waals surface area contributed by atoms with Crippen molar-refractivity contribution in [3.05, 3.63) is 29.3 Å². The van der Waals surface area contributed by atoms with Gasteiger partial charge in [-0.1, -0.05) is 17.7 Å². The van der Waals surface area contributed by atoms with Crippen molar-refractivity contribution in [2.24, 2.45) is 0 Å². The predicted molar refractivity (Wildman–Crippen MR) is 54.4 cm³/mol. The van der Waals surface area contributed by atoms with E-state index in [9.17, 15) is 0 Å². The highest BCUT2D eigenvalue weighted by molar-refractivity contribution is 6.27. The summed E-state index contributed by atoms with van der Waals surface area (Å²) in [5.74, 6) is 1.42. The number of hydrogen-bond acceptors (Lipinski definition) is 2. The molecule has 0 aliphatic rings. The van der Waals surface area contributed by atoms with E-state index in [1.165, 1.54) is 5.54 Å². The summed E-state index contributed by atoms with van der Waals surface area (Å²) in [4.78, 5) is 0. The molecule has 3 heteroatoms. The van der Waals surface area contributed by atoms with E-state index in [-0.39, 0.29) is 0 Å². The van der Waals surface area contributed by atoms with Gasteiger partial charge in [0.25, 0.3) is 0 Å². The molecule has 0 spiro atoms. The zero-order chi connectivity index (χ0) is 9.68. The third-order valence-corrected chi connectivity index (χ3v) is 1.79. The van der Waals surface area contributed by atoms with Crippen molar-refractivity contribution in [2.75, 3.05) is 14.2 Å². The van der Waals surface area contributed by atoms with Crippen molar-refractivity contribution in [1.29, 1.82) is 0 Å². The highest BCUT2D eigenvalue weighted by atomic mass is 35.5. The van der Waals surface area contributed by atoms with Crippen molar-refractivity contribution in [1.82, 2.24) is 0 Å². The third kappa shape index (κ3) is 2.39. The van der Waals surface area contributed by atoms with Crippen LogP contribution in [0.4, 0.5) is 0 Å². The van der Waals surface area contributed by atoms with Crippen LogP contribution in [0.2, 0.25) is 0 Å². The second-order valence-corrected chi connectivity index (χ2v) is 2.66. The minimum absolute atomic E-state index is 0.703. The van der Waals surface area contributed by atoms with Crippen LogP contribution in [-0.4, -0.2) is 14.2 Å². The summed E-state index contributed by atoms with van der Waals surface area (Å²) in [6.45, 7) is 0. The molecule has 0 bridgehead atoms. The molecule has 0 fully saturated rings. The Morgan fingerprint density at radius 1 is 1.15 bits per heavy atom. The maximum absolute atomic E-state index is 5.45. The molecule has 0 aliphatic heterocycles. The molecule has 1 aromatic carbocycles. The molecule has 0 heterocycles. The smallest absolute Gasteiger partial charge is 0.161 e. The summed E-state index contributed by atoms with van der Waals surface area (Å²) in [7, 11) is 3.21. The monoisotopic (exact) mass is 198 g/mol. The quantitative estimate of drug-likeness (QED) is 0.744. The number of ether oxygens (including phenoxy) is 2. The van der Waals surface area contributed by atoms with E-state index in [2.05, 4.69) is 0 Å². The van der Waals surface area contributed by atoms with Gasteiger partial charge >= 0.3 is 0 Å². The van der Waals surface area contributed by atoms with E-state index in [0.29, 0.717) is 11.5 Å². The van der Waals surface area contributed by atoms with Gasteiger partial charge in [-0.3, -0.25) is 0 Å². The second kappa shape index (κ2) is 4.77. The van der Waals surface area contributed by atoms with Crippen LogP contribution in [0, 0.1) is 0 Å². The number of rotatable bonds is 3. The summed E-state index contributed by atoms with van der Waals surface area (Å²) >= 11 is 5.45. The number of hydrogen-bond donors (Lipinski definition) is 0. The number of methoxy groups -OCH3 is 2. The normalized spacial score (nSPS) is 10.4. The molecule has 0 N–H and O–H groups in total. The van der Waals surface area contributed by atoms with Crippen molar-refractivity contribution in [3.8, 4) is 11.5 Å². The first-order valence-electron chi connectivity index (χ1n) is 3.80. The topological polar surface area (TPSA) is 18.5 Å². The lowest BCUT2D eigenvalue weighted by molar-refractivity contribution is 0.355. The van der Waals surface area contributed by atoms with Crippen molar-refractivity contribution in [2.45, 2.75) is 0 Å². The van der Waals surface area contributed by atoms with Gasteiger partial charge in [-0.25, -0.2) is 0 Å². The van der Waals surface area contributed by atoms with Gasteiger partial charge in [0.2, 0.25) is 0 Å². The highest BCUT2D eigenvalue weighted by Gasteiger charge is 2.01. The molecule has 0 radical (unpaired) electrons. The molecule has 2 nitrogen and oxygen atoms in total. The largest absolute Gasteiger partial charge is 0.493 e. The molecule has 13 heavy (non-hydrogen) atoms. The Hall–Kier alpha value is -1.15. The first kappa shape index (κ1) is 9.93. The molecule has 0 aromatic heterocycles. The fraction of sp³-hybridized carbons (Fsp3) is 0.200. The van der Waals surface area contributed by atoms with Gasteiger partial charge in [0, 0.05) is 5.54 Å². The zero-order valence-corrected chi connectivity index (χ0v) is 8.34. The van der Waals surface area contributed by atoms with Gasteiger partial charge in [-0.05, 0) is 23.8 Å². The molecule has 0 saturated carbocycles. The second-order valence-electron chi connectivity index (χ2n) is 2.41. The number of halogens is 1. The SMILES string of the molecule is COc1ccc(/C=C/Cl)cc1OC. The summed E-state index contributed by atoms with van der Waals surface area (Å²) in [6, 6.07) is 5.60. The van der Waals surface area contributed by atoms with E-state index in [4.69, 9.17) is 21.1 Å². The van der Waals surface area contributed by atoms with Crippen LogP contribution in [-0.2, 0) is 0 Å². The fourth-order valence-electron chi connectivity index (χ4n) is 1.03. The van der Waals surface area contributed by atoms with Crippen LogP contribution in [0.3, 0.4) is 0 Å². The van der Waals surface area contributed by atoms with E-state index in [1.807, 2.05) is 18.2 Å². The molecule has 0 amide bonds. The molecule has 1 aromatic rings. The van der Waals surface area contributed by atoms with E-state index in [1.54, 1.807) is 20.3 Å². The summed E-state index contributed by atoms with van der Waals surface area (Å²) in [5, 5.41) is 0. The first-order chi connectivity index (χ1) is 6.31. The molecule has 0 unspecified atom stereocenters. The third-order valence-electron chi connectivity index (χ3n) is 1.66. The average Bonchev–Trinajstić information content (AvgIpc) is 2.18. The Morgan fingerprint density at radius 2 is 1.85 bits per heavy atom. The Kier molecular flexibility index (Phi) is 3.65. The average molecular weight is 199 g/mol. The zero-order valence-electron chi connectivity index (χ0n) is 7.58. The maximum atomic E-state index is 5.45. The molecule has 1 rings (SSSR count). The lowest BCUT2D eigenvalue weighted by Gasteiger charge is -2.07. The standard InChI is InChI=1S/C10H11ClO2/c1-12-9-4-3-8(5-6-11)7-10(9)13-2/h3-7H,1-2H3/b6-5+. The molecular formula is C10H11ClO2. The van der Waals surface area contributed by atoms with E-state index >= 15 is 0 Å². The van der Waals surface area contributed by atoms with Crippen LogP contribution < -0.4 is 9.47 Å². The molecule has 0 atom stereocenters. The van der Waals surface area contributed by atoms with Crippen LogP contribution in [0.5, 0.6) is 11.5 Å². The number of benzene rings is 1. The fourth-order valence-corrected chi connectivity index (χ4v) is 1.17. The van der Waals surface area contributed by atoms with Gasteiger partial charge in [-0.2, -0.15) is 0 Å².